The third kappa shape index (κ3) is 2.28. The molecule has 5 heterocycles. The van der Waals surface area contributed by atoms with Crippen molar-refractivity contribution in [2.24, 2.45) is 0 Å². The molecule has 8 aromatic rings. The first-order valence-corrected chi connectivity index (χ1v) is 15.4. The van der Waals surface area contributed by atoms with Crippen molar-refractivity contribution in [3.05, 3.63) is 115 Å². The summed E-state index contributed by atoms with van der Waals surface area (Å²) in [5.41, 5.74) is 12.7. The number of nitrogens with zero attached hydrogens (tertiary/aromatic N) is 1. The summed E-state index contributed by atoms with van der Waals surface area (Å²) >= 11 is 0. The van der Waals surface area contributed by atoms with Gasteiger partial charge in [0.1, 0.15) is 23.0 Å². The number of aromatic nitrogens is 1. The van der Waals surface area contributed by atoms with Crippen LogP contribution >= 0.6 is 0 Å². The second-order valence-electron chi connectivity index (χ2n) is 12.8. The van der Waals surface area contributed by atoms with E-state index in [-0.39, 0.29) is 13.4 Å². The molecule has 0 fully saturated rings. The van der Waals surface area contributed by atoms with Gasteiger partial charge in [-0.15, -0.1) is 0 Å². The van der Waals surface area contributed by atoms with Crippen molar-refractivity contribution in [3.8, 4) is 28.7 Å². The average Bonchev–Trinajstić information content (AvgIpc) is 3.44. The molecule has 200 valence electrons. The molecule has 0 saturated carbocycles. The number of ether oxygens (including phenoxy) is 2. The van der Waals surface area contributed by atoms with Crippen LogP contribution in [0, 0.1) is 6.92 Å². The summed E-state index contributed by atoms with van der Waals surface area (Å²) in [7, 11) is 0. The van der Waals surface area contributed by atoms with Crippen LogP contribution in [0.1, 0.15) is 5.56 Å². The maximum atomic E-state index is 6.88. The number of fused-ring (bicyclic) bond motifs is 11. The monoisotopic (exact) mass is 557 g/mol. The Kier molecular flexibility index (Phi) is 3.63. The summed E-state index contributed by atoms with van der Waals surface area (Å²) < 4.78 is 16.4. The van der Waals surface area contributed by atoms with Crippen LogP contribution in [0.3, 0.4) is 0 Å². The fourth-order valence-corrected chi connectivity index (χ4v) is 9.19. The predicted molar refractivity (Wildman–Crippen MR) is 183 cm³/mol. The Balaban J connectivity index is 1.44. The molecule has 12 rings (SSSR count). The minimum absolute atomic E-state index is 0.0588. The van der Waals surface area contributed by atoms with Crippen LogP contribution in [0.5, 0.6) is 23.0 Å². The zero-order valence-corrected chi connectivity index (χ0v) is 23.8. The molecular formula is C39H21B2NO2. The fourth-order valence-electron chi connectivity index (χ4n) is 9.19. The Hall–Kier alpha value is -5.41. The summed E-state index contributed by atoms with van der Waals surface area (Å²) in [6.45, 7) is 2.30. The highest BCUT2D eigenvalue weighted by Crippen LogP contribution is 2.47. The van der Waals surface area contributed by atoms with Gasteiger partial charge in [-0.2, -0.15) is 0 Å². The van der Waals surface area contributed by atoms with Crippen molar-refractivity contribution in [2.45, 2.75) is 6.92 Å². The number of benzene rings is 7. The van der Waals surface area contributed by atoms with Crippen molar-refractivity contribution >= 4 is 89.6 Å². The molecule has 0 radical (unpaired) electrons. The van der Waals surface area contributed by atoms with E-state index in [0.29, 0.717) is 0 Å². The Morgan fingerprint density at radius 2 is 0.977 bits per heavy atom. The van der Waals surface area contributed by atoms with Gasteiger partial charge in [-0.3, -0.25) is 0 Å². The first-order chi connectivity index (χ1) is 21.8. The lowest BCUT2D eigenvalue weighted by molar-refractivity contribution is 0.458. The highest BCUT2D eigenvalue weighted by Gasteiger charge is 2.50. The van der Waals surface area contributed by atoms with Gasteiger partial charge in [-0.1, -0.05) is 97.1 Å². The van der Waals surface area contributed by atoms with Crippen molar-refractivity contribution in [2.75, 3.05) is 0 Å². The van der Waals surface area contributed by atoms with E-state index < -0.39 is 0 Å². The molecule has 0 spiro atoms. The molecule has 3 nitrogen and oxygen atoms in total. The van der Waals surface area contributed by atoms with E-state index in [2.05, 4.69) is 121 Å². The van der Waals surface area contributed by atoms with Crippen LogP contribution < -0.4 is 42.3 Å². The third-order valence-electron chi connectivity index (χ3n) is 10.8. The van der Waals surface area contributed by atoms with E-state index in [1.54, 1.807) is 0 Å². The molecule has 0 amide bonds. The van der Waals surface area contributed by atoms with Gasteiger partial charge >= 0.3 is 0 Å². The molecule has 4 aliphatic heterocycles. The summed E-state index contributed by atoms with van der Waals surface area (Å²) in [5.74, 6) is 3.75. The smallest absolute Gasteiger partial charge is 0.256 e. The molecule has 7 aromatic carbocycles. The van der Waals surface area contributed by atoms with Crippen LogP contribution in [-0.2, 0) is 0 Å². The van der Waals surface area contributed by atoms with Gasteiger partial charge in [0.25, 0.3) is 13.4 Å². The lowest BCUT2D eigenvalue weighted by atomic mass is 9.30. The largest absolute Gasteiger partial charge is 0.458 e. The van der Waals surface area contributed by atoms with Gasteiger partial charge in [-0.25, -0.2) is 0 Å². The van der Waals surface area contributed by atoms with Gasteiger partial charge < -0.3 is 14.0 Å². The normalized spacial score (nSPS) is 14.3. The summed E-state index contributed by atoms with van der Waals surface area (Å²) in [4.78, 5) is 0. The van der Waals surface area contributed by atoms with Crippen molar-refractivity contribution in [1.82, 2.24) is 4.57 Å². The highest BCUT2D eigenvalue weighted by molar-refractivity contribution is 7.03. The molecule has 0 atom stereocenters. The van der Waals surface area contributed by atoms with Crippen LogP contribution in [0.25, 0.3) is 49.0 Å². The maximum Gasteiger partial charge on any atom is 0.256 e. The summed E-state index contributed by atoms with van der Waals surface area (Å²) in [6.07, 6.45) is 0. The third-order valence-corrected chi connectivity index (χ3v) is 10.8. The Labute approximate surface area is 253 Å². The average molecular weight is 557 g/mol. The van der Waals surface area contributed by atoms with Crippen LogP contribution in [-0.4, -0.2) is 18.0 Å². The molecule has 0 N–H and O–H groups in total. The molecule has 0 aliphatic carbocycles. The molecular weight excluding hydrogens is 536 g/mol. The van der Waals surface area contributed by atoms with E-state index in [9.17, 15) is 0 Å². The Morgan fingerprint density at radius 3 is 1.50 bits per heavy atom. The minimum atomic E-state index is 0.0588. The van der Waals surface area contributed by atoms with Gasteiger partial charge in [0.15, 0.2) is 0 Å². The van der Waals surface area contributed by atoms with Crippen molar-refractivity contribution in [1.29, 1.82) is 0 Å². The topological polar surface area (TPSA) is 23.4 Å². The highest BCUT2D eigenvalue weighted by atomic mass is 16.5. The summed E-state index contributed by atoms with van der Waals surface area (Å²) in [6, 6.07) is 40.0. The standard InChI is InChI=1S/C39H21B2NO2/c1-20-38-33-37-34-39(20)44-30-17-9-7-15-26(30)41(34)28-19-22-11-3-5-13-24(22)32-31-23-12-4-2-10-21(23)18-27(35(31)42(37)36(28)32)40(33)25-14-6-8-16-29(25)43-38/h2-19H,1H3. The van der Waals surface area contributed by atoms with Gasteiger partial charge in [0, 0.05) is 33.1 Å². The summed E-state index contributed by atoms with van der Waals surface area (Å²) in [5, 5.41) is 7.87. The zero-order chi connectivity index (χ0) is 28.4. The fraction of sp³-hybridized carbons (Fsp3) is 0.0256. The number of rotatable bonds is 0. The van der Waals surface area contributed by atoms with Crippen LogP contribution in [0.2, 0.25) is 0 Å². The van der Waals surface area contributed by atoms with E-state index in [1.807, 2.05) is 0 Å². The van der Waals surface area contributed by atoms with Gasteiger partial charge in [0.05, 0.1) is 0 Å². The van der Waals surface area contributed by atoms with E-state index in [1.165, 1.54) is 81.8 Å². The van der Waals surface area contributed by atoms with Crippen molar-refractivity contribution in [3.63, 3.8) is 0 Å². The molecule has 5 heteroatoms. The zero-order valence-electron chi connectivity index (χ0n) is 23.8. The minimum Gasteiger partial charge on any atom is -0.458 e. The van der Waals surface area contributed by atoms with E-state index in [4.69, 9.17) is 9.47 Å². The molecule has 0 bridgehead atoms. The molecule has 0 unspecified atom stereocenters. The SMILES string of the molecule is Cc1c2c3c4c5c1Oc1ccccc1B5c1cc5ccccc5c5c6c7ccccc7cc(c6n-4c15)B3c1ccccc1O2. The predicted octanol–water partition coefficient (Wildman–Crippen LogP) is 5.27. The van der Waals surface area contributed by atoms with Gasteiger partial charge in [-0.05, 0) is 73.4 Å². The first kappa shape index (κ1) is 22.2. The lowest BCUT2D eigenvalue weighted by Gasteiger charge is -2.41. The Morgan fingerprint density at radius 1 is 0.523 bits per heavy atom. The number of para-hydroxylation sites is 2. The number of hydrogen-bond acceptors (Lipinski definition) is 2. The maximum absolute atomic E-state index is 6.88. The van der Waals surface area contributed by atoms with E-state index in [0.717, 1.165) is 28.6 Å². The molecule has 44 heavy (non-hydrogen) atoms. The molecule has 0 saturated heterocycles. The van der Waals surface area contributed by atoms with Gasteiger partial charge in [0.2, 0.25) is 0 Å². The van der Waals surface area contributed by atoms with Crippen LogP contribution in [0.15, 0.2) is 109 Å². The second kappa shape index (κ2) is 7.20. The quantitative estimate of drug-likeness (QED) is 0.238. The second-order valence-corrected chi connectivity index (χ2v) is 12.8. The Bertz CT molecular complexity index is 2530. The number of hydrogen-bond donors (Lipinski definition) is 0. The van der Waals surface area contributed by atoms with Crippen molar-refractivity contribution < 1.29 is 9.47 Å². The lowest BCUT2D eigenvalue weighted by Crippen LogP contribution is -2.65. The molecule has 1 aromatic heterocycles. The first-order valence-electron chi connectivity index (χ1n) is 15.4. The van der Waals surface area contributed by atoms with E-state index >= 15 is 0 Å². The molecule has 4 aliphatic rings. The van der Waals surface area contributed by atoms with Crippen LogP contribution in [0.4, 0.5) is 0 Å².